The molecule has 1 aromatic heterocycles. The average Bonchev–Trinajstić information content (AvgIpc) is 2.68. The molecule has 0 spiro atoms. The largest absolute Gasteiger partial charge is 0.493 e. The zero-order chi connectivity index (χ0) is 18.5. The molecule has 0 aliphatic carbocycles. The number of nitrogens with zero attached hydrogens (tertiary/aromatic N) is 2. The first-order valence-corrected chi connectivity index (χ1v) is 8.54. The van der Waals surface area contributed by atoms with Gasteiger partial charge in [-0.25, -0.2) is 14.4 Å². The summed E-state index contributed by atoms with van der Waals surface area (Å²) in [5, 5.41) is 0. The van der Waals surface area contributed by atoms with E-state index < -0.39 is 0 Å². The summed E-state index contributed by atoms with van der Waals surface area (Å²) >= 11 is 0. The summed E-state index contributed by atoms with van der Waals surface area (Å²) in [6.07, 6.45) is 2.69. The monoisotopic (exact) mass is 352 g/mol. The second kappa shape index (κ2) is 7.95. The number of hydrogen-bond acceptors (Lipinski definition) is 4. The van der Waals surface area contributed by atoms with E-state index in [0.29, 0.717) is 17.3 Å². The van der Waals surface area contributed by atoms with Gasteiger partial charge in [-0.3, -0.25) is 0 Å². The van der Waals surface area contributed by atoms with Crippen molar-refractivity contribution in [3.63, 3.8) is 0 Å². The first-order valence-electron chi connectivity index (χ1n) is 8.54. The van der Waals surface area contributed by atoms with Crippen LogP contribution in [-0.4, -0.2) is 23.2 Å². The predicted octanol–water partition coefficient (Wildman–Crippen LogP) is 5.14. The molecule has 1 unspecified atom stereocenters. The van der Waals surface area contributed by atoms with Crippen molar-refractivity contribution >= 4 is 0 Å². The fourth-order valence-corrected chi connectivity index (χ4v) is 2.50. The standard InChI is InChI=1S/C21H21FN2O2/c1-4-14(2)26-18-7-5-6-16(12-18)20-19(25-3)13-23-21(24-20)15-8-10-17(22)11-9-15/h5-14H,4H2,1-3H3. The van der Waals surface area contributed by atoms with Crippen molar-refractivity contribution in [3.05, 3.63) is 60.5 Å². The second-order valence-electron chi connectivity index (χ2n) is 5.98. The van der Waals surface area contributed by atoms with E-state index in [0.717, 1.165) is 23.3 Å². The van der Waals surface area contributed by atoms with Crippen LogP contribution in [0.2, 0.25) is 0 Å². The third kappa shape index (κ3) is 3.99. The molecule has 0 saturated carbocycles. The van der Waals surface area contributed by atoms with Crippen LogP contribution in [0.4, 0.5) is 4.39 Å². The van der Waals surface area contributed by atoms with Gasteiger partial charge in [0.05, 0.1) is 19.4 Å². The molecule has 3 rings (SSSR count). The van der Waals surface area contributed by atoms with Gasteiger partial charge in [0.25, 0.3) is 0 Å². The fraction of sp³-hybridized carbons (Fsp3) is 0.238. The summed E-state index contributed by atoms with van der Waals surface area (Å²) < 4.78 is 24.5. The molecule has 0 radical (unpaired) electrons. The van der Waals surface area contributed by atoms with Gasteiger partial charge in [0, 0.05) is 11.1 Å². The molecule has 134 valence electrons. The maximum Gasteiger partial charge on any atom is 0.163 e. The van der Waals surface area contributed by atoms with E-state index in [1.807, 2.05) is 31.2 Å². The van der Waals surface area contributed by atoms with E-state index in [9.17, 15) is 4.39 Å². The molecule has 1 heterocycles. The molecule has 1 atom stereocenters. The van der Waals surface area contributed by atoms with Crippen molar-refractivity contribution in [2.75, 3.05) is 7.11 Å². The molecule has 0 saturated heterocycles. The molecule has 0 aliphatic heterocycles. The Balaban J connectivity index is 2.02. The number of aromatic nitrogens is 2. The molecular weight excluding hydrogens is 331 g/mol. The highest BCUT2D eigenvalue weighted by atomic mass is 19.1. The molecule has 0 bridgehead atoms. The summed E-state index contributed by atoms with van der Waals surface area (Å²) in [4.78, 5) is 8.97. The van der Waals surface area contributed by atoms with Crippen LogP contribution >= 0.6 is 0 Å². The molecule has 0 fully saturated rings. The lowest BCUT2D eigenvalue weighted by atomic mass is 10.1. The molecule has 2 aromatic carbocycles. The van der Waals surface area contributed by atoms with Crippen LogP contribution in [0.25, 0.3) is 22.6 Å². The van der Waals surface area contributed by atoms with Crippen molar-refractivity contribution in [1.82, 2.24) is 9.97 Å². The molecular formula is C21H21FN2O2. The summed E-state index contributed by atoms with van der Waals surface area (Å²) in [6, 6.07) is 13.8. The van der Waals surface area contributed by atoms with Crippen LogP contribution in [0.1, 0.15) is 20.3 Å². The van der Waals surface area contributed by atoms with Crippen LogP contribution in [0.3, 0.4) is 0 Å². The van der Waals surface area contributed by atoms with E-state index in [1.54, 1.807) is 25.4 Å². The molecule has 4 nitrogen and oxygen atoms in total. The Kier molecular flexibility index (Phi) is 5.46. The van der Waals surface area contributed by atoms with Crippen LogP contribution in [-0.2, 0) is 0 Å². The van der Waals surface area contributed by atoms with Crippen LogP contribution < -0.4 is 9.47 Å². The van der Waals surface area contributed by atoms with Crippen LogP contribution in [0.5, 0.6) is 11.5 Å². The molecule has 0 aliphatic rings. The highest BCUT2D eigenvalue weighted by Gasteiger charge is 2.13. The van der Waals surface area contributed by atoms with Crippen LogP contribution in [0, 0.1) is 5.82 Å². The lowest BCUT2D eigenvalue weighted by Crippen LogP contribution is -2.09. The summed E-state index contributed by atoms with van der Waals surface area (Å²) in [7, 11) is 1.58. The van der Waals surface area contributed by atoms with Gasteiger partial charge in [-0.05, 0) is 49.7 Å². The molecule has 26 heavy (non-hydrogen) atoms. The number of hydrogen-bond donors (Lipinski definition) is 0. The topological polar surface area (TPSA) is 44.2 Å². The highest BCUT2D eigenvalue weighted by Crippen LogP contribution is 2.31. The van der Waals surface area contributed by atoms with Gasteiger partial charge in [-0.2, -0.15) is 0 Å². The van der Waals surface area contributed by atoms with Crippen molar-refractivity contribution in [1.29, 1.82) is 0 Å². The second-order valence-corrected chi connectivity index (χ2v) is 5.98. The lowest BCUT2D eigenvalue weighted by molar-refractivity contribution is 0.217. The summed E-state index contributed by atoms with van der Waals surface area (Å²) in [5.74, 6) is 1.56. The van der Waals surface area contributed by atoms with E-state index in [2.05, 4.69) is 16.9 Å². The van der Waals surface area contributed by atoms with Crippen molar-refractivity contribution in [3.8, 4) is 34.1 Å². The Hall–Kier alpha value is -2.95. The van der Waals surface area contributed by atoms with E-state index in [-0.39, 0.29) is 11.9 Å². The molecule has 0 N–H and O–H groups in total. The van der Waals surface area contributed by atoms with Gasteiger partial charge in [0.2, 0.25) is 0 Å². The van der Waals surface area contributed by atoms with Gasteiger partial charge in [0.15, 0.2) is 11.6 Å². The maximum atomic E-state index is 13.2. The molecule has 3 aromatic rings. The Morgan fingerprint density at radius 2 is 1.85 bits per heavy atom. The number of rotatable bonds is 6. The average molecular weight is 352 g/mol. The minimum absolute atomic E-state index is 0.132. The van der Waals surface area contributed by atoms with Crippen molar-refractivity contribution < 1.29 is 13.9 Å². The third-order valence-electron chi connectivity index (χ3n) is 4.10. The number of halogens is 1. The lowest BCUT2D eigenvalue weighted by Gasteiger charge is -2.14. The molecule has 5 heteroatoms. The smallest absolute Gasteiger partial charge is 0.163 e. The zero-order valence-electron chi connectivity index (χ0n) is 15.1. The summed E-state index contributed by atoms with van der Waals surface area (Å²) in [6.45, 7) is 4.11. The normalized spacial score (nSPS) is 11.8. The number of methoxy groups -OCH3 is 1. The Bertz CT molecular complexity index is 881. The van der Waals surface area contributed by atoms with Gasteiger partial charge in [0.1, 0.15) is 17.3 Å². The van der Waals surface area contributed by atoms with Gasteiger partial charge in [-0.1, -0.05) is 19.1 Å². The van der Waals surface area contributed by atoms with E-state index >= 15 is 0 Å². The quantitative estimate of drug-likeness (QED) is 0.616. The minimum atomic E-state index is -0.294. The maximum absolute atomic E-state index is 13.2. The third-order valence-corrected chi connectivity index (χ3v) is 4.10. The van der Waals surface area contributed by atoms with Crippen molar-refractivity contribution in [2.24, 2.45) is 0 Å². The minimum Gasteiger partial charge on any atom is -0.493 e. The van der Waals surface area contributed by atoms with E-state index in [1.165, 1.54) is 12.1 Å². The van der Waals surface area contributed by atoms with E-state index in [4.69, 9.17) is 9.47 Å². The predicted molar refractivity (Wildman–Crippen MR) is 99.8 cm³/mol. The first kappa shape index (κ1) is 17.9. The van der Waals surface area contributed by atoms with Gasteiger partial charge < -0.3 is 9.47 Å². The fourth-order valence-electron chi connectivity index (χ4n) is 2.50. The Morgan fingerprint density at radius 1 is 1.08 bits per heavy atom. The Labute approximate surface area is 152 Å². The Morgan fingerprint density at radius 3 is 2.54 bits per heavy atom. The first-order chi connectivity index (χ1) is 12.6. The molecule has 0 amide bonds. The van der Waals surface area contributed by atoms with Gasteiger partial charge >= 0.3 is 0 Å². The van der Waals surface area contributed by atoms with Crippen LogP contribution in [0.15, 0.2) is 54.7 Å². The van der Waals surface area contributed by atoms with Crippen molar-refractivity contribution in [2.45, 2.75) is 26.4 Å². The summed E-state index contributed by atoms with van der Waals surface area (Å²) in [5.41, 5.74) is 2.27. The number of ether oxygens (including phenoxy) is 2. The highest BCUT2D eigenvalue weighted by molar-refractivity contribution is 5.70. The van der Waals surface area contributed by atoms with Gasteiger partial charge in [-0.15, -0.1) is 0 Å². The number of benzene rings is 2. The SMILES string of the molecule is CCC(C)Oc1cccc(-c2nc(-c3ccc(F)cc3)ncc2OC)c1. The zero-order valence-corrected chi connectivity index (χ0v) is 15.1.